The van der Waals surface area contributed by atoms with Crippen molar-refractivity contribution < 1.29 is 14.5 Å². The van der Waals surface area contributed by atoms with Gasteiger partial charge in [0.05, 0.1) is 6.61 Å². The summed E-state index contributed by atoms with van der Waals surface area (Å²) in [6, 6.07) is 15.7. The second-order valence-electron chi connectivity index (χ2n) is 8.43. The summed E-state index contributed by atoms with van der Waals surface area (Å²) in [4.78, 5) is 16.6. The first-order valence-electron chi connectivity index (χ1n) is 10.9. The van der Waals surface area contributed by atoms with E-state index in [0.717, 1.165) is 36.4 Å². The fourth-order valence-corrected chi connectivity index (χ4v) is 5.28. The molecule has 0 amide bonds. The van der Waals surface area contributed by atoms with Crippen molar-refractivity contribution in [3.8, 4) is 11.5 Å². The van der Waals surface area contributed by atoms with Crippen LogP contribution in [0.5, 0.6) is 11.5 Å². The molecule has 3 aliphatic rings. The summed E-state index contributed by atoms with van der Waals surface area (Å²) in [5.41, 5.74) is 5.23. The Bertz CT molecular complexity index is 1100. The average Bonchev–Trinajstić information content (AvgIpc) is 3.31. The largest absolute Gasteiger partial charge is 0.488 e. The summed E-state index contributed by atoms with van der Waals surface area (Å²) in [7, 11) is 0. The maximum absolute atomic E-state index is 6.12. The molecule has 3 aliphatic heterocycles. The number of ether oxygens (including phenoxy) is 1. The van der Waals surface area contributed by atoms with Crippen LogP contribution < -0.4 is 9.62 Å². The van der Waals surface area contributed by atoms with E-state index in [-0.39, 0.29) is 0 Å². The van der Waals surface area contributed by atoms with Gasteiger partial charge in [-0.05, 0) is 37.0 Å². The average molecular weight is 402 g/mol. The Kier molecular flexibility index (Phi) is 4.51. The Balaban J connectivity index is 1.16. The van der Waals surface area contributed by atoms with Crippen molar-refractivity contribution in [1.82, 2.24) is 9.88 Å². The molecule has 4 heterocycles. The van der Waals surface area contributed by atoms with Gasteiger partial charge in [-0.25, -0.2) is 0 Å². The van der Waals surface area contributed by atoms with Crippen LogP contribution in [-0.2, 0) is 11.3 Å². The zero-order chi connectivity index (χ0) is 19.9. The molecule has 1 aromatic heterocycles. The second kappa shape index (κ2) is 7.49. The van der Waals surface area contributed by atoms with Crippen molar-refractivity contribution in [3.63, 3.8) is 0 Å². The summed E-state index contributed by atoms with van der Waals surface area (Å²) in [5, 5.41) is 1.33. The SMILES string of the molecule is C1=C(c2c[nH]c3ccccc23)CC2CCC1N2CCOc1cccc2c1OOCC2. The zero-order valence-corrected chi connectivity index (χ0v) is 17.0. The molecule has 2 unspecified atom stereocenters. The molecule has 2 bridgehead atoms. The van der Waals surface area contributed by atoms with Gasteiger partial charge < -0.3 is 14.6 Å². The van der Waals surface area contributed by atoms with Gasteiger partial charge in [-0.2, -0.15) is 4.89 Å². The lowest BCUT2D eigenvalue weighted by Gasteiger charge is -2.34. The number of nitrogens with zero attached hydrogens (tertiary/aromatic N) is 1. The molecule has 1 N–H and O–H groups in total. The smallest absolute Gasteiger partial charge is 0.210 e. The number of para-hydroxylation sites is 2. The van der Waals surface area contributed by atoms with Crippen molar-refractivity contribution in [3.05, 3.63) is 65.9 Å². The molecule has 2 aromatic carbocycles. The highest BCUT2D eigenvalue weighted by Crippen LogP contribution is 2.40. The first-order valence-corrected chi connectivity index (χ1v) is 10.9. The van der Waals surface area contributed by atoms with Crippen molar-refractivity contribution in [1.29, 1.82) is 0 Å². The van der Waals surface area contributed by atoms with Crippen molar-refractivity contribution in [2.75, 3.05) is 19.8 Å². The van der Waals surface area contributed by atoms with Crippen LogP contribution in [0.2, 0.25) is 0 Å². The van der Waals surface area contributed by atoms with E-state index >= 15 is 0 Å². The van der Waals surface area contributed by atoms with Gasteiger partial charge in [0.25, 0.3) is 0 Å². The minimum Gasteiger partial charge on any atom is -0.488 e. The quantitative estimate of drug-likeness (QED) is 0.627. The monoisotopic (exact) mass is 402 g/mol. The Morgan fingerprint density at radius 2 is 2.07 bits per heavy atom. The predicted molar refractivity (Wildman–Crippen MR) is 117 cm³/mol. The van der Waals surface area contributed by atoms with Crippen LogP contribution in [0.3, 0.4) is 0 Å². The van der Waals surface area contributed by atoms with Crippen LogP contribution in [0.25, 0.3) is 16.5 Å². The number of aromatic amines is 1. The van der Waals surface area contributed by atoms with Crippen molar-refractivity contribution in [2.45, 2.75) is 37.8 Å². The van der Waals surface area contributed by atoms with Gasteiger partial charge in [0, 0.05) is 53.3 Å². The van der Waals surface area contributed by atoms with Crippen LogP contribution in [0, 0.1) is 0 Å². The number of nitrogens with one attached hydrogen (secondary N) is 1. The normalized spacial score (nSPS) is 23.1. The number of hydrogen-bond acceptors (Lipinski definition) is 4. The lowest BCUT2D eigenvalue weighted by molar-refractivity contribution is -0.216. The van der Waals surface area contributed by atoms with Gasteiger partial charge in [0.1, 0.15) is 6.61 Å². The Labute approximate surface area is 176 Å². The highest BCUT2D eigenvalue weighted by molar-refractivity contribution is 5.93. The van der Waals surface area contributed by atoms with E-state index in [4.69, 9.17) is 14.5 Å². The summed E-state index contributed by atoms with van der Waals surface area (Å²) in [6.45, 7) is 2.18. The molecule has 0 saturated carbocycles. The molecule has 6 rings (SSSR count). The molecule has 0 aliphatic carbocycles. The molecule has 0 radical (unpaired) electrons. The third-order valence-corrected chi connectivity index (χ3v) is 6.74. The highest BCUT2D eigenvalue weighted by Gasteiger charge is 2.36. The number of rotatable bonds is 5. The van der Waals surface area contributed by atoms with Crippen LogP contribution in [-0.4, -0.2) is 41.7 Å². The maximum Gasteiger partial charge on any atom is 0.210 e. The molecule has 2 atom stereocenters. The topological polar surface area (TPSA) is 46.7 Å². The van der Waals surface area contributed by atoms with Gasteiger partial charge in [0.15, 0.2) is 5.75 Å². The van der Waals surface area contributed by atoms with E-state index in [2.05, 4.69) is 52.5 Å². The van der Waals surface area contributed by atoms with Gasteiger partial charge in [0.2, 0.25) is 5.75 Å². The molecule has 5 nitrogen and oxygen atoms in total. The number of benzene rings is 2. The number of H-pyrrole nitrogens is 1. The Morgan fingerprint density at radius 3 is 3.03 bits per heavy atom. The third-order valence-electron chi connectivity index (χ3n) is 6.74. The van der Waals surface area contributed by atoms with Crippen LogP contribution in [0.15, 0.2) is 54.7 Å². The van der Waals surface area contributed by atoms with Gasteiger partial charge in [-0.1, -0.05) is 36.4 Å². The third kappa shape index (κ3) is 3.09. The van der Waals surface area contributed by atoms with E-state index in [0.29, 0.717) is 25.3 Å². The number of hydrogen-bond donors (Lipinski definition) is 1. The Morgan fingerprint density at radius 1 is 1.10 bits per heavy atom. The molecule has 0 spiro atoms. The fourth-order valence-electron chi connectivity index (χ4n) is 5.28. The van der Waals surface area contributed by atoms with Crippen LogP contribution >= 0.6 is 0 Å². The predicted octanol–water partition coefficient (Wildman–Crippen LogP) is 4.73. The van der Waals surface area contributed by atoms with E-state index in [9.17, 15) is 0 Å². The number of fused-ring (bicyclic) bond motifs is 4. The van der Waals surface area contributed by atoms with Gasteiger partial charge >= 0.3 is 0 Å². The molecule has 1 fully saturated rings. The summed E-state index contributed by atoms with van der Waals surface area (Å²) < 4.78 is 6.12. The second-order valence-corrected chi connectivity index (χ2v) is 8.43. The Hall–Kier alpha value is -2.76. The standard InChI is InChI=1S/C25H26N2O3/c1-2-6-23-21(5-1)22(16-26-23)18-14-19-8-9-20(15-18)27(19)11-13-28-24-7-3-4-17-10-12-29-30-25(17)24/h1-7,14,16,19-20,26H,8-13,15H2. The fraction of sp³-hybridized carbons (Fsp3) is 0.360. The van der Waals surface area contributed by atoms with Crippen LogP contribution in [0.4, 0.5) is 0 Å². The highest BCUT2D eigenvalue weighted by atomic mass is 17.2. The van der Waals surface area contributed by atoms with Gasteiger partial charge in [-0.15, -0.1) is 0 Å². The molecular formula is C25H26N2O3. The lowest BCUT2D eigenvalue weighted by Crippen LogP contribution is -2.40. The molecule has 5 heteroatoms. The van der Waals surface area contributed by atoms with Gasteiger partial charge in [-0.3, -0.25) is 4.90 Å². The van der Waals surface area contributed by atoms with E-state index in [1.807, 2.05) is 12.1 Å². The zero-order valence-electron chi connectivity index (χ0n) is 17.0. The minimum atomic E-state index is 0.500. The van der Waals surface area contributed by atoms with E-state index in [1.54, 1.807) is 0 Å². The lowest BCUT2D eigenvalue weighted by atomic mass is 9.94. The summed E-state index contributed by atoms with van der Waals surface area (Å²) >= 11 is 0. The molecule has 1 saturated heterocycles. The first-order chi connectivity index (χ1) is 14.9. The molecular weight excluding hydrogens is 376 g/mol. The van der Waals surface area contributed by atoms with Crippen LogP contribution in [0.1, 0.15) is 30.4 Å². The van der Waals surface area contributed by atoms with E-state index in [1.165, 1.54) is 34.9 Å². The summed E-state index contributed by atoms with van der Waals surface area (Å²) in [6.07, 6.45) is 9.12. The molecule has 3 aromatic rings. The van der Waals surface area contributed by atoms with Crippen molar-refractivity contribution >= 4 is 16.5 Å². The number of aromatic nitrogens is 1. The van der Waals surface area contributed by atoms with Crippen molar-refractivity contribution in [2.24, 2.45) is 0 Å². The van der Waals surface area contributed by atoms with E-state index < -0.39 is 0 Å². The maximum atomic E-state index is 6.12. The molecule has 30 heavy (non-hydrogen) atoms. The summed E-state index contributed by atoms with van der Waals surface area (Å²) in [5.74, 6) is 1.53. The first kappa shape index (κ1) is 18.0. The molecule has 154 valence electrons. The minimum absolute atomic E-state index is 0.500.